The van der Waals surface area contributed by atoms with Gasteiger partial charge in [0.15, 0.2) is 5.78 Å². The largest absolute Gasteiger partial charge is 0.381 e. The molecule has 4 nitrogen and oxygen atoms in total. The van der Waals surface area contributed by atoms with Gasteiger partial charge in [0.2, 0.25) is 0 Å². The van der Waals surface area contributed by atoms with Crippen LogP contribution in [0.2, 0.25) is 0 Å². The average Bonchev–Trinajstić information content (AvgIpc) is 2.40. The maximum Gasteiger partial charge on any atom is 0.196 e. The first-order valence-electron chi connectivity index (χ1n) is 6.37. The number of ether oxygens (including phenoxy) is 2. The van der Waals surface area contributed by atoms with Crippen molar-refractivity contribution in [2.75, 3.05) is 19.8 Å². The van der Waals surface area contributed by atoms with Gasteiger partial charge in [0.05, 0.1) is 0 Å². The van der Waals surface area contributed by atoms with Gasteiger partial charge >= 0.3 is 0 Å². The van der Waals surface area contributed by atoms with Gasteiger partial charge in [0.1, 0.15) is 5.60 Å². The minimum absolute atomic E-state index is 0.0400. The third kappa shape index (κ3) is 2.44. The topological polar surface area (TPSA) is 48.4 Å². The molecule has 0 radical (unpaired) electrons. The summed E-state index contributed by atoms with van der Waals surface area (Å²) < 4.78 is 11.1. The number of ketones is 1. The third-order valence-corrected chi connectivity index (χ3v) is 3.42. The number of hydrogen-bond acceptors (Lipinski definition) is 4. The van der Waals surface area contributed by atoms with Gasteiger partial charge in [0.25, 0.3) is 0 Å². The molecule has 0 atom stereocenters. The van der Waals surface area contributed by atoms with Gasteiger partial charge in [-0.3, -0.25) is 9.78 Å². The van der Waals surface area contributed by atoms with Gasteiger partial charge in [-0.1, -0.05) is 0 Å². The van der Waals surface area contributed by atoms with Crippen LogP contribution < -0.4 is 0 Å². The summed E-state index contributed by atoms with van der Waals surface area (Å²) in [4.78, 5) is 16.8. The average molecular weight is 249 g/mol. The minimum Gasteiger partial charge on any atom is -0.381 e. The van der Waals surface area contributed by atoms with Crippen molar-refractivity contribution in [2.24, 2.45) is 0 Å². The molecule has 1 aliphatic heterocycles. The lowest BCUT2D eigenvalue weighted by Gasteiger charge is -2.35. The second-order valence-electron chi connectivity index (χ2n) is 4.56. The Balaban J connectivity index is 2.31. The number of nitrogens with zero attached hydrogens (tertiary/aromatic N) is 1. The predicted octanol–water partition coefficient (Wildman–Crippen LogP) is 2.16. The molecule has 1 saturated heterocycles. The molecule has 1 aromatic heterocycles. The summed E-state index contributed by atoms with van der Waals surface area (Å²) in [6.07, 6.45) is 4.57. The number of pyridine rings is 1. The van der Waals surface area contributed by atoms with Crippen molar-refractivity contribution in [1.29, 1.82) is 0 Å². The number of aromatic nitrogens is 1. The molecule has 1 aromatic rings. The van der Waals surface area contributed by atoms with E-state index in [4.69, 9.17) is 9.47 Å². The molecule has 0 aromatic carbocycles. The normalized spacial score (nSPS) is 18.6. The summed E-state index contributed by atoms with van der Waals surface area (Å²) in [5.41, 5.74) is 0.884. The van der Waals surface area contributed by atoms with Crippen LogP contribution in [0.3, 0.4) is 0 Å². The number of rotatable bonds is 4. The molecule has 0 N–H and O–H groups in total. The third-order valence-electron chi connectivity index (χ3n) is 3.42. The molecular formula is C14H19NO3. The fraction of sp³-hybridized carbons (Fsp3) is 0.571. The summed E-state index contributed by atoms with van der Waals surface area (Å²) in [5.74, 6) is 0.0400. The lowest BCUT2D eigenvalue weighted by molar-refractivity contribution is -0.0822. The van der Waals surface area contributed by atoms with Crippen LogP contribution in [0.15, 0.2) is 18.5 Å². The van der Waals surface area contributed by atoms with Crippen molar-refractivity contribution in [2.45, 2.75) is 32.3 Å². The van der Waals surface area contributed by atoms with E-state index in [2.05, 4.69) is 4.98 Å². The van der Waals surface area contributed by atoms with Crippen molar-refractivity contribution in [1.82, 2.24) is 4.98 Å². The van der Waals surface area contributed by atoms with Gasteiger partial charge in [-0.15, -0.1) is 0 Å². The highest BCUT2D eigenvalue weighted by Gasteiger charge is 2.41. The van der Waals surface area contributed by atoms with Crippen LogP contribution in [0.1, 0.15) is 35.7 Å². The highest BCUT2D eigenvalue weighted by molar-refractivity contribution is 6.03. The number of aryl methyl sites for hydroxylation is 1. The Kier molecular flexibility index (Phi) is 4.09. The molecule has 4 heteroatoms. The van der Waals surface area contributed by atoms with Crippen molar-refractivity contribution in [3.05, 3.63) is 29.6 Å². The van der Waals surface area contributed by atoms with E-state index in [1.165, 1.54) is 0 Å². The predicted molar refractivity (Wildman–Crippen MR) is 67.7 cm³/mol. The standard InChI is InChI=1S/C14H19NO3/c1-3-18-14(5-8-17-9-6-14)13(16)12-10-15-7-4-11(12)2/h4,7,10H,3,5-6,8-9H2,1-2H3. The number of carbonyl (C=O) groups excluding carboxylic acids is 1. The monoisotopic (exact) mass is 249 g/mol. The van der Waals surface area contributed by atoms with Crippen molar-refractivity contribution in [3.8, 4) is 0 Å². The maximum atomic E-state index is 12.7. The second-order valence-corrected chi connectivity index (χ2v) is 4.56. The molecule has 98 valence electrons. The fourth-order valence-electron chi connectivity index (χ4n) is 2.36. The lowest BCUT2D eigenvalue weighted by Crippen LogP contribution is -2.46. The van der Waals surface area contributed by atoms with Crippen LogP contribution in [0.25, 0.3) is 0 Å². The molecule has 0 amide bonds. The van der Waals surface area contributed by atoms with E-state index in [1.807, 2.05) is 19.9 Å². The highest BCUT2D eigenvalue weighted by Crippen LogP contribution is 2.30. The quantitative estimate of drug-likeness (QED) is 0.767. The Morgan fingerprint density at radius 1 is 1.50 bits per heavy atom. The molecule has 0 saturated carbocycles. The zero-order valence-corrected chi connectivity index (χ0v) is 10.9. The highest BCUT2D eigenvalue weighted by atomic mass is 16.5. The van der Waals surface area contributed by atoms with Gasteiger partial charge < -0.3 is 9.47 Å². The van der Waals surface area contributed by atoms with Gasteiger partial charge in [-0.2, -0.15) is 0 Å². The Morgan fingerprint density at radius 2 is 2.22 bits per heavy atom. The van der Waals surface area contributed by atoms with E-state index in [-0.39, 0.29) is 5.78 Å². The SMILES string of the molecule is CCOC1(C(=O)c2cnccc2C)CCOCC1. The van der Waals surface area contributed by atoms with E-state index in [0.29, 0.717) is 38.2 Å². The van der Waals surface area contributed by atoms with E-state index < -0.39 is 5.60 Å². The first-order valence-corrected chi connectivity index (χ1v) is 6.37. The molecule has 0 spiro atoms. The van der Waals surface area contributed by atoms with E-state index >= 15 is 0 Å². The van der Waals surface area contributed by atoms with Crippen LogP contribution in [-0.4, -0.2) is 36.2 Å². The van der Waals surface area contributed by atoms with Crippen LogP contribution in [0.4, 0.5) is 0 Å². The van der Waals surface area contributed by atoms with Crippen molar-refractivity contribution in [3.63, 3.8) is 0 Å². The van der Waals surface area contributed by atoms with Crippen LogP contribution in [-0.2, 0) is 9.47 Å². The van der Waals surface area contributed by atoms with Gasteiger partial charge in [-0.25, -0.2) is 0 Å². The molecular weight excluding hydrogens is 230 g/mol. The fourth-order valence-corrected chi connectivity index (χ4v) is 2.36. The summed E-state index contributed by atoms with van der Waals surface area (Å²) >= 11 is 0. The smallest absolute Gasteiger partial charge is 0.196 e. The Labute approximate surface area is 107 Å². The first-order chi connectivity index (χ1) is 8.69. The number of hydrogen-bond donors (Lipinski definition) is 0. The summed E-state index contributed by atoms with van der Waals surface area (Å²) in [5, 5.41) is 0. The molecule has 0 aliphatic carbocycles. The minimum atomic E-state index is -0.721. The Morgan fingerprint density at radius 3 is 2.83 bits per heavy atom. The summed E-state index contributed by atoms with van der Waals surface area (Å²) in [6, 6.07) is 1.85. The van der Waals surface area contributed by atoms with E-state index in [1.54, 1.807) is 12.4 Å². The molecule has 2 heterocycles. The van der Waals surface area contributed by atoms with Crippen molar-refractivity contribution < 1.29 is 14.3 Å². The van der Waals surface area contributed by atoms with Crippen LogP contribution in [0.5, 0.6) is 0 Å². The zero-order chi connectivity index (χ0) is 13.0. The van der Waals surface area contributed by atoms with Crippen LogP contribution >= 0.6 is 0 Å². The summed E-state index contributed by atoms with van der Waals surface area (Å²) in [6.45, 7) is 5.52. The van der Waals surface area contributed by atoms with Crippen molar-refractivity contribution >= 4 is 5.78 Å². The molecule has 18 heavy (non-hydrogen) atoms. The van der Waals surface area contributed by atoms with Gasteiger partial charge in [-0.05, 0) is 25.5 Å². The first kappa shape index (κ1) is 13.2. The van der Waals surface area contributed by atoms with E-state index in [9.17, 15) is 4.79 Å². The molecule has 1 fully saturated rings. The Hall–Kier alpha value is -1.26. The maximum absolute atomic E-state index is 12.7. The number of carbonyl (C=O) groups is 1. The Bertz CT molecular complexity index is 419. The lowest BCUT2D eigenvalue weighted by atomic mass is 9.85. The molecule has 1 aliphatic rings. The molecule has 0 bridgehead atoms. The van der Waals surface area contributed by atoms with Crippen LogP contribution in [0, 0.1) is 6.92 Å². The zero-order valence-electron chi connectivity index (χ0n) is 10.9. The molecule has 2 rings (SSSR count). The van der Waals surface area contributed by atoms with E-state index in [0.717, 1.165) is 5.56 Å². The van der Waals surface area contributed by atoms with Gasteiger partial charge in [0, 0.05) is 50.6 Å². The molecule has 0 unspecified atom stereocenters. The summed E-state index contributed by atoms with van der Waals surface area (Å²) in [7, 11) is 0. The second kappa shape index (κ2) is 5.59. The number of Topliss-reactive ketones (excluding diaryl/α,β-unsaturated/α-hetero) is 1.